The topological polar surface area (TPSA) is 65.2 Å². The third-order valence-corrected chi connectivity index (χ3v) is 3.69. The average molecular weight is 391 g/mol. The lowest BCUT2D eigenvalue weighted by Gasteiger charge is -2.02. The van der Waals surface area contributed by atoms with Gasteiger partial charge in [0, 0.05) is 10.0 Å². The molecule has 3 aromatic rings. The standard InChI is InChI=1S/C17H12BrFN2O3/c18-13-6-4-12(5-7-13)17-20-15(24-21-17)10-23-16(22)9-11-2-1-3-14(19)8-11/h1-8H,9-10H2. The minimum Gasteiger partial charge on any atom is -0.455 e. The molecule has 0 amide bonds. The highest BCUT2D eigenvalue weighted by molar-refractivity contribution is 9.10. The van der Waals surface area contributed by atoms with Crippen LogP contribution in [0.4, 0.5) is 4.39 Å². The van der Waals surface area contributed by atoms with Crippen molar-refractivity contribution in [2.24, 2.45) is 0 Å². The SMILES string of the molecule is O=C(Cc1cccc(F)c1)OCc1nc(-c2ccc(Br)cc2)no1. The molecule has 122 valence electrons. The van der Waals surface area contributed by atoms with Gasteiger partial charge in [0.2, 0.25) is 5.82 Å². The lowest BCUT2D eigenvalue weighted by atomic mass is 10.1. The number of hydrogen-bond donors (Lipinski definition) is 0. The fourth-order valence-electron chi connectivity index (χ4n) is 2.04. The summed E-state index contributed by atoms with van der Waals surface area (Å²) in [6, 6.07) is 13.2. The second kappa shape index (κ2) is 7.35. The van der Waals surface area contributed by atoms with Crippen molar-refractivity contribution < 1.29 is 18.4 Å². The Hall–Kier alpha value is -2.54. The summed E-state index contributed by atoms with van der Waals surface area (Å²) >= 11 is 3.35. The summed E-state index contributed by atoms with van der Waals surface area (Å²) in [6.45, 7) is -0.127. The number of carbonyl (C=O) groups is 1. The highest BCUT2D eigenvalue weighted by Crippen LogP contribution is 2.19. The van der Waals surface area contributed by atoms with Gasteiger partial charge in [-0.15, -0.1) is 0 Å². The third-order valence-electron chi connectivity index (χ3n) is 3.16. The highest BCUT2D eigenvalue weighted by Gasteiger charge is 2.12. The second-order valence-electron chi connectivity index (χ2n) is 4.99. The van der Waals surface area contributed by atoms with E-state index in [4.69, 9.17) is 9.26 Å². The average Bonchev–Trinajstić information content (AvgIpc) is 3.03. The van der Waals surface area contributed by atoms with Gasteiger partial charge >= 0.3 is 5.97 Å². The van der Waals surface area contributed by atoms with Crippen LogP contribution < -0.4 is 0 Å². The van der Waals surface area contributed by atoms with Gasteiger partial charge in [-0.3, -0.25) is 4.79 Å². The van der Waals surface area contributed by atoms with Crippen LogP contribution in [-0.4, -0.2) is 16.1 Å². The van der Waals surface area contributed by atoms with Crippen LogP contribution >= 0.6 is 15.9 Å². The van der Waals surface area contributed by atoms with E-state index in [2.05, 4.69) is 26.1 Å². The Morgan fingerprint density at radius 3 is 2.75 bits per heavy atom. The van der Waals surface area contributed by atoms with Gasteiger partial charge in [0.25, 0.3) is 5.89 Å². The predicted molar refractivity (Wildman–Crippen MR) is 87.3 cm³/mol. The van der Waals surface area contributed by atoms with Crippen LogP contribution in [0.15, 0.2) is 57.5 Å². The van der Waals surface area contributed by atoms with Crippen molar-refractivity contribution in [2.45, 2.75) is 13.0 Å². The van der Waals surface area contributed by atoms with Gasteiger partial charge in [-0.05, 0) is 42.0 Å². The lowest BCUT2D eigenvalue weighted by molar-refractivity contribution is -0.144. The Morgan fingerprint density at radius 2 is 2.00 bits per heavy atom. The van der Waals surface area contributed by atoms with Crippen molar-refractivity contribution in [3.05, 3.63) is 70.3 Å². The number of halogens is 2. The first-order chi connectivity index (χ1) is 11.6. The first-order valence-corrected chi connectivity index (χ1v) is 7.88. The van der Waals surface area contributed by atoms with Gasteiger partial charge in [-0.1, -0.05) is 33.2 Å². The molecule has 0 atom stereocenters. The molecule has 0 aliphatic heterocycles. The van der Waals surface area contributed by atoms with E-state index in [0.29, 0.717) is 11.4 Å². The van der Waals surface area contributed by atoms with Crippen molar-refractivity contribution in [3.63, 3.8) is 0 Å². The number of nitrogens with zero attached hydrogens (tertiary/aromatic N) is 2. The molecule has 0 fully saturated rings. The van der Waals surface area contributed by atoms with Gasteiger partial charge in [-0.2, -0.15) is 4.98 Å². The van der Waals surface area contributed by atoms with E-state index in [0.717, 1.165) is 10.0 Å². The molecule has 5 nitrogen and oxygen atoms in total. The van der Waals surface area contributed by atoms with Crippen molar-refractivity contribution in [1.29, 1.82) is 0 Å². The van der Waals surface area contributed by atoms with E-state index in [-0.39, 0.29) is 18.9 Å². The lowest BCUT2D eigenvalue weighted by Crippen LogP contribution is -2.08. The maximum absolute atomic E-state index is 13.1. The third kappa shape index (κ3) is 4.26. The molecule has 0 N–H and O–H groups in total. The molecule has 2 aromatic carbocycles. The molecule has 0 saturated heterocycles. The number of esters is 1. The number of benzene rings is 2. The van der Waals surface area contributed by atoms with E-state index >= 15 is 0 Å². The molecule has 0 unspecified atom stereocenters. The first kappa shape index (κ1) is 16.3. The largest absolute Gasteiger partial charge is 0.455 e. The van der Waals surface area contributed by atoms with Crippen molar-refractivity contribution in [1.82, 2.24) is 10.1 Å². The van der Waals surface area contributed by atoms with Crippen LogP contribution in [0.25, 0.3) is 11.4 Å². The minimum atomic E-state index is -0.496. The van der Waals surface area contributed by atoms with Crippen LogP contribution in [0.2, 0.25) is 0 Å². The number of aromatic nitrogens is 2. The van der Waals surface area contributed by atoms with Crippen LogP contribution in [0.1, 0.15) is 11.5 Å². The smallest absolute Gasteiger partial charge is 0.310 e. The van der Waals surface area contributed by atoms with Crippen LogP contribution in [0.3, 0.4) is 0 Å². The van der Waals surface area contributed by atoms with Crippen LogP contribution in [0, 0.1) is 5.82 Å². The molecule has 1 aromatic heterocycles. The zero-order chi connectivity index (χ0) is 16.9. The molecule has 3 rings (SSSR count). The molecule has 0 spiro atoms. The molecule has 24 heavy (non-hydrogen) atoms. The zero-order valence-corrected chi connectivity index (χ0v) is 14.0. The molecule has 1 heterocycles. The van der Waals surface area contributed by atoms with Crippen LogP contribution in [0.5, 0.6) is 0 Å². The Balaban J connectivity index is 1.57. The fourth-order valence-corrected chi connectivity index (χ4v) is 2.30. The van der Waals surface area contributed by atoms with Crippen molar-refractivity contribution >= 4 is 21.9 Å². The summed E-state index contributed by atoms with van der Waals surface area (Å²) in [5.74, 6) is -0.278. The minimum absolute atomic E-state index is 0.0224. The monoisotopic (exact) mass is 390 g/mol. The van der Waals surface area contributed by atoms with Gasteiger partial charge in [-0.25, -0.2) is 4.39 Å². The summed E-state index contributed by atoms with van der Waals surface area (Å²) in [4.78, 5) is 15.9. The van der Waals surface area contributed by atoms with Crippen LogP contribution in [-0.2, 0) is 22.6 Å². The molecular formula is C17H12BrFN2O3. The normalized spacial score (nSPS) is 10.6. The summed E-state index contributed by atoms with van der Waals surface area (Å²) in [5.41, 5.74) is 1.33. The number of rotatable bonds is 5. The Bertz CT molecular complexity index is 849. The number of carbonyl (C=O) groups excluding carboxylic acids is 1. The predicted octanol–water partition coefficient (Wildman–Crippen LogP) is 3.92. The van der Waals surface area contributed by atoms with Crippen molar-refractivity contribution in [3.8, 4) is 11.4 Å². The van der Waals surface area contributed by atoms with E-state index in [1.54, 1.807) is 12.1 Å². The molecular weight excluding hydrogens is 379 g/mol. The second-order valence-corrected chi connectivity index (χ2v) is 5.90. The summed E-state index contributed by atoms with van der Waals surface area (Å²) < 4.78 is 24.1. The van der Waals surface area contributed by atoms with Crippen molar-refractivity contribution in [2.75, 3.05) is 0 Å². The maximum Gasteiger partial charge on any atom is 0.310 e. The molecule has 0 saturated carbocycles. The summed E-state index contributed by atoms with van der Waals surface area (Å²) in [7, 11) is 0. The summed E-state index contributed by atoms with van der Waals surface area (Å²) in [5, 5.41) is 3.85. The van der Waals surface area contributed by atoms with E-state index in [1.807, 2.05) is 24.3 Å². The Morgan fingerprint density at radius 1 is 1.21 bits per heavy atom. The van der Waals surface area contributed by atoms with Gasteiger partial charge in [0.15, 0.2) is 6.61 Å². The Labute approximate surface area is 145 Å². The first-order valence-electron chi connectivity index (χ1n) is 7.09. The van der Waals surface area contributed by atoms with E-state index < -0.39 is 11.8 Å². The van der Waals surface area contributed by atoms with Gasteiger partial charge in [0.05, 0.1) is 6.42 Å². The maximum atomic E-state index is 13.1. The summed E-state index contributed by atoms with van der Waals surface area (Å²) in [6.07, 6.45) is -0.0224. The molecule has 0 bridgehead atoms. The van der Waals surface area contributed by atoms with E-state index in [1.165, 1.54) is 12.1 Å². The zero-order valence-electron chi connectivity index (χ0n) is 12.4. The molecule has 0 radical (unpaired) electrons. The van der Waals surface area contributed by atoms with Gasteiger partial charge in [0.1, 0.15) is 5.82 Å². The Kier molecular flexibility index (Phi) is 5.00. The molecule has 0 aliphatic rings. The fraction of sp³-hybridized carbons (Fsp3) is 0.118. The number of ether oxygens (including phenoxy) is 1. The highest BCUT2D eigenvalue weighted by atomic mass is 79.9. The van der Waals surface area contributed by atoms with Gasteiger partial charge < -0.3 is 9.26 Å². The quantitative estimate of drug-likeness (QED) is 0.617. The number of hydrogen-bond acceptors (Lipinski definition) is 5. The molecule has 7 heteroatoms. The molecule has 0 aliphatic carbocycles. The van der Waals surface area contributed by atoms with E-state index in [9.17, 15) is 9.18 Å².